The molecule has 0 radical (unpaired) electrons. The second kappa shape index (κ2) is 9.24. The number of fused-ring (bicyclic) bond motifs is 3. The van der Waals surface area contributed by atoms with E-state index >= 15 is 0 Å². The lowest BCUT2D eigenvalue weighted by Crippen LogP contribution is -2.65. The highest BCUT2D eigenvalue weighted by Crippen LogP contribution is 2.54. The standard InChI is InChI=1S/C27H33N5O8/c1-31(2)15-9-14(29-30-26(39)10-5-6-10)20(33)17-12(15)7-11-8-13-19(32(3)4)22(35)18(25(28)38)24(37)27(13,40)23(36)16(11)21(17)34/h9-11,13,19,29,33-34,37,40H,5-8H2,1-4H3,(H2,28,38)(H,30,39)/t11?,13?,19-,27-/m0/s1. The topological polar surface area (TPSA) is 206 Å². The van der Waals surface area contributed by atoms with E-state index in [4.69, 9.17) is 5.73 Å². The maximum atomic E-state index is 14.0. The molecule has 4 atom stereocenters. The van der Waals surface area contributed by atoms with E-state index in [0.29, 0.717) is 11.3 Å². The Morgan fingerprint density at radius 3 is 2.30 bits per heavy atom. The number of phenols is 1. The summed E-state index contributed by atoms with van der Waals surface area (Å²) in [6.45, 7) is 0. The number of aromatic hydroxyl groups is 1. The van der Waals surface area contributed by atoms with Crippen LogP contribution in [0.1, 0.15) is 30.4 Å². The molecule has 1 aromatic rings. The van der Waals surface area contributed by atoms with Gasteiger partial charge >= 0.3 is 0 Å². The molecule has 214 valence electrons. The average Bonchev–Trinajstić information content (AvgIpc) is 3.70. The number of Topliss-reactive ketones (excluding diaryl/α,β-unsaturated/α-hetero) is 2. The highest BCUT2D eigenvalue weighted by atomic mass is 16.3. The molecule has 0 bridgehead atoms. The Balaban J connectivity index is 1.67. The number of rotatable bonds is 6. The van der Waals surface area contributed by atoms with Crippen molar-refractivity contribution in [2.45, 2.75) is 37.3 Å². The van der Waals surface area contributed by atoms with E-state index in [0.717, 1.165) is 12.8 Å². The van der Waals surface area contributed by atoms with Crippen LogP contribution in [-0.2, 0) is 25.6 Å². The smallest absolute Gasteiger partial charge is 0.255 e. The summed E-state index contributed by atoms with van der Waals surface area (Å²) in [5.74, 6) is -7.53. The highest BCUT2D eigenvalue weighted by molar-refractivity contribution is 6.24. The second-order valence-corrected chi connectivity index (χ2v) is 11.4. The quantitative estimate of drug-likeness (QED) is 0.140. The Bertz CT molecular complexity index is 1430. The molecule has 2 fully saturated rings. The zero-order chi connectivity index (χ0) is 29.4. The molecule has 5 rings (SSSR count). The minimum Gasteiger partial charge on any atom is -0.508 e. The largest absolute Gasteiger partial charge is 0.508 e. The minimum atomic E-state index is -2.71. The number of benzene rings is 1. The van der Waals surface area contributed by atoms with E-state index in [1.165, 1.54) is 4.90 Å². The van der Waals surface area contributed by atoms with E-state index in [1.54, 1.807) is 39.2 Å². The molecule has 4 aliphatic rings. The number of carbonyl (C=O) groups is 4. The predicted molar refractivity (Wildman–Crippen MR) is 143 cm³/mol. The van der Waals surface area contributed by atoms with Gasteiger partial charge in [-0.2, -0.15) is 0 Å². The fourth-order valence-electron chi connectivity index (χ4n) is 6.36. The van der Waals surface area contributed by atoms with Gasteiger partial charge in [-0.25, -0.2) is 0 Å². The summed E-state index contributed by atoms with van der Waals surface area (Å²) in [5, 5.41) is 45.4. The van der Waals surface area contributed by atoms with Crippen LogP contribution in [0.5, 0.6) is 5.75 Å². The van der Waals surface area contributed by atoms with E-state index in [-0.39, 0.29) is 41.5 Å². The van der Waals surface area contributed by atoms with Gasteiger partial charge in [-0.15, -0.1) is 0 Å². The van der Waals surface area contributed by atoms with Crippen LogP contribution in [0.3, 0.4) is 0 Å². The number of hydrazine groups is 1. The van der Waals surface area contributed by atoms with Crippen molar-refractivity contribution in [1.29, 1.82) is 0 Å². The van der Waals surface area contributed by atoms with Crippen molar-refractivity contribution in [3.05, 3.63) is 34.1 Å². The lowest BCUT2D eigenvalue weighted by Gasteiger charge is -2.50. The zero-order valence-electron chi connectivity index (χ0n) is 22.6. The third kappa shape index (κ3) is 3.83. The van der Waals surface area contributed by atoms with E-state index in [1.807, 2.05) is 0 Å². The summed E-state index contributed by atoms with van der Waals surface area (Å²) in [6.07, 6.45) is 1.69. The summed E-state index contributed by atoms with van der Waals surface area (Å²) >= 11 is 0. The van der Waals surface area contributed by atoms with Crippen LogP contribution >= 0.6 is 0 Å². The number of hydrogen-bond donors (Lipinski definition) is 7. The van der Waals surface area contributed by atoms with Crippen molar-refractivity contribution < 1.29 is 39.6 Å². The van der Waals surface area contributed by atoms with Gasteiger partial charge in [0.15, 0.2) is 17.1 Å². The van der Waals surface area contributed by atoms with Crippen LogP contribution in [-0.4, -0.2) is 88.5 Å². The summed E-state index contributed by atoms with van der Waals surface area (Å²) < 4.78 is 0. The van der Waals surface area contributed by atoms with Crippen LogP contribution in [0.25, 0.3) is 5.76 Å². The molecule has 2 amide bonds. The first-order valence-corrected chi connectivity index (χ1v) is 13.0. The van der Waals surface area contributed by atoms with Gasteiger partial charge in [0.05, 0.1) is 17.3 Å². The Labute approximate surface area is 229 Å². The van der Waals surface area contributed by atoms with Crippen molar-refractivity contribution in [1.82, 2.24) is 10.3 Å². The molecule has 40 heavy (non-hydrogen) atoms. The number of nitrogens with one attached hydrogen (secondary N) is 2. The van der Waals surface area contributed by atoms with Gasteiger partial charge in [0, 0.05) is 37.2 Å². The Kier molecular flexibility index (Phi) is 6.34. The number of carbonyl (C=O) groups excluding carboxylic acids is 4. The summed E-state index contributed by atoms with van der Waals surface area (Å²) in [7, 11) is 6.62. The van der Waals surface area contributed by atoms with Crippen molar-refractivity contribution >= 4 is 40.5 Å². The molecule has 13 nitrogen and oxygen atoms in total. The van der Waals surface area contributed by atoms with E-state index in [9.17, 15) is 39.6 Å². The Morgan fingerprint density at radius 1 is 1.10 bits per heavy atom. The number of anilines is 2. The number of phenolic OH excluding ortho intramolecular Hbond substituents is 1. The van der Waals surface area contributed by atoms with Gasteiger partial charge in [0.25, 0.3) is 5.91 Å². The molecule has 2 saturated carbocycles. The van der Waals surface area contributed by atoms with Gasteiger partial charge < -0.3 is 31.1 Å². The van der Waals surface area contributed by atoms with Crippen LogP contribution in [0.15, 0.2) is 23.0 Å². The molecule has 4 aliphatic carbocycles. The molecular formula is C27H33N5O8. The first kappa shape index (κ1) is 27.5. The third-order valence-electron chi connectivity index (χ3n) is 8.45. The maximum Gasteiger partial charge on any atom is 0.255 e. The molecule has 13 heteroatoms. The zero-order valence-corrected chi connectivity index (χ0v) is 22.6. The monoisotopic (exact) mass is 555 g/mol. The average molecular weight is 556 g/mol. The first-order valence-electron chi connectivity index (χ1n) is 13.0. The molecule has 0 aromatic heterocycles. The molecular weight excluding hydrogens is 522 g/mol. The Morgan fingerprint density at radius 2 is 1.75 bits per heavy atom. The van der Waals surface area contributed by atoms with Crippen LogP contribution in [0.4, 0.5) is 11.4 Å². The summed E-state index contributed by atoms with van der Waals surface area (Å²) in [6, 6.07) is 0.460. The number of ketones is 2. The molecule has 0 aliphatic heterocycles. The van der Waals surface area contributed by atoms with Gasteiger partial charge in [-0.05, 0) is 57.3 Å². The predicted octanol–water partition coefficient (Wildman–Crippen LogP) is -0.117. The van der Waals surface area contributed by atoms with Crippen molar-refractivity contribution in [2.24, 2.45) is 23.5 Å². The Hall–Kier alpha value is -4.10. The fraction of sp³-hybridized carbons (Fsp3) is 0.481. The molecule has 0 spiro atoms. The highest BCUT2D eigenvalue weighted by Gasteiger charge is 2.64. The normalized spacial score (nSPS) is 27.7. The molecule has 0 heterocycles. The first-order chi connectivity index (χ1) is 18.7. The minimum absolute atomic E-state index is 0.00314. The maximum absolute atomic E-state index is 14.0. The molecule has 8 N–H and O–H groups in total. The molecule has 2 unspecified atom stereocenters. The number of nitrogens with zero attached hydrogens (tertiary/aromatic N) is 2. The lowest BCUT2D eigenvalue weighted by atomic mass is 9.57. The van der Waals surface area contributed by atoms with Gasteiger partial charge in [0.2, 0.25) is 11.7 Å². The van der Waals surface area contributed by atoms with E-state index in [2.05, 4.69) is 10.9 Å². The molecule has 0 saturated heterocycles. The van der Waals surface area contributed by atoms with Crippen LogP contribution < -0.4 is 21.5 Å². The summed E-state index contributed by atoms with van der Waals surface area (Å²) in [4.78, 5) is 54.7. The van der Waals surface area contributed by atoms with Gasteiger partial charge in [-0.1, -0.05) is 0 Å². The van der Waals surface area contributed by atoms with Crippen molar-refractivity contribution in [3.63, 3.8) is 0 Å². The van der Waals surface area contributed by atoms with Crippen LogP contribution in [0, 0.1) is 17.8 Å². The number of aliphatic hydroxyl groups is 3. The second-order valence-electron chi connectivity index (χ2n) is 11.4. The number of likely N-dealkylation sites (N-methyl/N-ethyl adjacent to an activating group) is 1. The lowest BCUT2D eigenvalue weighted by molar-refractivity contribution is -0.153. The molecule has 1 aromatic carbocycles. The SMILES string of the molecule is CN(C)c1cc(NNC(=O)C2CC2)c(O)c2c1CC1CC3[C@H](N(C)C)C(=O)C(C(N)=O)=C(O)[C@@]3(O)C(=O)C1=C2O. The number of aliphatic hydroxyl groups excluding tert-OH is 2. The van der Waals surface area contributed by atoms with Crippen molar-refractivity contribution in [2.75, 3.05) is 38.5 Å². The summed E-state index contributed by atoms with van der Waals surface area (Å²) in [5.41, 5.74) is 7.92. The van der Waals surface area contributed by atoms with Gasteiger partial charge in [-0.3, -0.25) is 34.9 Å². The third-order valence-corrected chi connectivity index (χ3v) is 8.45. The van der Waals surface area contributed by atoms with E-state index < -0.39 is 63.8 Å². The fourth-order valence-corrected chi connectivity index (χ4v) is 6.36. The van der Waals surface area contributed by atoms with Gasteiger partial charge in [0.1, 0.15) is 17.1 Å². The van der Waals surface area contributed by atoms with Crippen molar-refractivity contribution in [3.8, 4) is 5.75 Å². The number of amides is 2. The number of hydrogen-bond acceptors (Lipinski definition) is 11. The van der Waals surface area contributed by atoms with Crippen LogP contribution in [0.2, 0.25) is 0 Å². The number of nitrogens with two attached hydrogens (primary N) is 1. The number of primary amides is 1.